The summed E-state index contributed by atoms with van der Waals surface area (Å²) < 4.78 is 10.4. The monoisotopic (exact) mass is 407 g/mol. The van der Waals surface area contributed by atoms with Crippen LogP contribution in [0.1, 0.15) is 31.5 Å². The van der Waals surface area contributed by atoms with Crippen molar-refractivity contribution in [1.82, 2.24) is 9.97 Å². The van der Waals surface area contributed by atoms with Gasteiger partial charge in [-0.3, -0.25) is 10.1 Å². The number of amides is 1. The van der Waals surface area contributed by atoms with Crippen LogP contribution < -0.4 is 5.32 Å². The molecule has 0 fully saturated rings. The van der Waals surface area contributed by atoms with Gasteiger partial charge < -0.3 is 9.15 Å². The Balaban J connectivity index is 1.74. The molecule has 7 nitrogen and oxygen atoms in total. The molecule has 8 heteroatoms. The summed E-state index contributed by atoms with van der Waals surface area (Å²) >= 11 is 1.07. The highest BCUT2D eigenvalue weighted by Gasteiger charge is 2.20. The number of hydrogen-bond acceptors (Lipinski definition) is 7. The van der Waals surface area contributed by atoms with Crippen LogP contribution in [0.2, 0.25) is 0 Å². The Kier molecular flexibility index (Phi) is 4.85. The van der Waals surface area contributed by atoms with Crippen molar-refractivity contribution in [3.8, 4) is 11.5 Å². The second-order valence-corrected chi connectivity index (χ2v) is 7.36. The van der Waals surface area contributed by atoms with E-state index in [1.807, 2.05) is 43.3 Å². The lowest BCUT2D eigenvalue weighted by molar-refractivity contribution is 0.0605. The van der Waals surface area contributed by atoms with Gasteiger partial charge in [-0.2, -0.15) is 0 Å². The summed E-state index contributed by atoms with van der Waals surface area (Å²) in [6.07, 6.45) is 0. The minimum Gasteiger partial charge on any atom is -0.465 e. The van der Waals surface area contributed by atoms with Crippen molar-refractivity contribution in [3.05, 3.63) is 64.4 Å². The molecule has 0 spiro atoms. The molecule has 1 amide bonds. The van der Waals surface area contributed by atoms with Gasteiger partial charge in [-0.25, -0.2) is 14.8 Å². The number of furan rings is 1. The molecule has 0 radical (unpaired) electrons. The number of pyridine rings is 1. The second-order valence-electron chi connectivity index (χ2n) is 6.36. The Morgan fingerprint density at radius 2 is 1.90 bits per heavy atom. The third-order valence-corrected chi connectivity index (χ3v) is 5.39. The topological polar surface area (TPSA) is 94.3 Å². The number of nitrogens with one attached hydrogen (secondary N) is 1. The molecule has 1 aromatic carbocycles. The van der Waals surface area contributed by atoms with Crippen molar-refractivity contribution in [2.24, 2.45) is 0 Å². The molecule has 3 aromatic heterocycles. The van der Waals surface area contributed by atoms with Crippen LogP contribution in [0.3, 0.4) is 0 Å². The highest BCUT2D eigenvalue weighted by atomic mass is 32.1. The number of fused-ring (bicyclic) bond motifs is 1. The number of ether oxygens (including phenoxy) is 1. The minimum absolute atomic E-state index is 0.323. The minimum atomic E-state index is -0.481. The predicted molar refractivity (Wildman–Crippen MR) is 110 cm³/mol. The Bertz CT molecular complexity index is 1240. The average Bonchev–Trinajstić information content (AvgIpc) is 3.31. The highest BCUT2D eigenvalue weighted by Crippen LogP contribution is 2.28. The fourth-order valence-electron chi connectivity index (χ4n) is 2.96. The third kappa shape index (κ3) is 3.62. The Morgan fingerprint density at radius 1 is 1.10 bits per heavy atom. The van der Waals surface area contributed by atoms with Gasteiger partial charge in [0.05, 0.1) is 23.9 Å². The Morgan fingerprint density at radius 3 is 2.62 bits per heavy atom. The van der Waals surface area contributed by atoms with Crippen LogP contribution in [0.15, 0.2) is 46.9 Å². The zero-order valence-electron chi connectivity index (χ0n) is 16.0. The second kappa shape index (κ2) is 7.48. The first-order valence-corrected chi connectivity index (χ1v) is 9.61. The number of hydrogen-bond donors (Lipinski definition) is 1. The molecule has 0 aliphatic rings. The van der Waals surface area contributed by atoms with Crippen molar-refractivity contribution >= 4 is 39.2 Å². The summed E-state index contributed by atoms with van der Waals surface area (Å²) in [5.41, 5.74) is 2.18. The molecule has 3 heterocycles. The molecular weight excluding hydrogens is 390 g/mol. The van der Waals surface area contributed by atoms with Crippen molar-refractivity contribution in [3.63, 3.8) is 0 Å². The summed E-state index contributed by atoms with van der Waals surface area (Å²) in [5.74, 6) is 0.513. The average molecular weight is 407 g/mol. The molecular formula is C21H17N3O4S. The van der Waals surface area contributed by atoms with Crippen LogP contribution in [-0.2, 0) is 4.74 Å². The first-order chi connectivity index (χ1) is 14.0. The summed E-state index contributed by atoms with van der Waals surface area (Å²) in [5, 5.41) is 3.81. The molecule has 29 heavy (non-hydrogen) atoms. The van der Waals surface area contributed by atoms with E-state index in [1.165, 1.54) is 7.11 Å². The maximum Gasteiger partial charge on any atom is 0.350 e. The number of methoxy groups -OCH3 is 1. The van der Waals surface area contributed by atoms with Crippen LogP contribution in [0.4, 0.5) is 5.13 Å². The lowest BCUT2D eigenvalue weighted by Crippen LogP contribution is -2.13. The van der Waals surface area contributed by atoms with E-state index in [-0.39, 0.29) is 5.91 Å². The number of aromatic nitrogens is 2. The Hall–Kier alpha value is -3.52. The lowest BCUT2D eigenvalue weighted by Gasteiger charge is -2.08. The van der Waals surface area contributed by atoms with E-state index in [2.05, 4.69) is 15.3 Å². The number of para-hydroxylation sites is 1. The molecule has 4 rings (SSSR count). The molecule has 0 bridgehead atoms. The summed E-state index contributed by atoms with van der Waals surface area (Å²) in [4.78, 5) is 34.1. The van der Waals surface area contributed by atoms with Crippen molar-refractivity contribution < 1.29 is 18.7 Å². The SMILES string of the molecule is COC(=O)c1sc(NC(=O)c2cc(-c3ccc(C)o3)nc3ccccc23)nc1C. The van der Waals surface area contributed by atoms with E-state index in [0.717, 1.165) is 17.1 Å². The van der Waals surface area contributed by atoms with E-state index in [1.54, 1.807) is 13.0 Å². The third-order valence-electron chi connectivity index (χ3n) is 4.34. The van der Waals surface area contributed by atoms with E-state index < -0.39 is 5.97 Å². The highest BCUT2D eigenvalue weighted by molar-refractivity contribution is 7.17. The zero-order valence-corrected chi connectivity index (χ0v) is 16.8. The molecule has 0 atom stereocenters. The van der Waals surface area contributed by atoms with Crippen LogP contribution in [0, 0.1) is 13.8 Å². The zero-order chi connectivity index (χ0) is 20.5. The van der Waals surface area contributed by atoms with Gasteiger partial charge in [-0.05, 0) is 38.1 Å². The van der Waals surface area contributed by atoms with Gasteiger partial charge in [0.2, 0.25) is 0 Å². The molecule has 0 aliphatic heterocycles. The number of anilines is 1. The number of carbonyl (C=O) groups is 2. The number of nitrogens with zero attached hydrogens (tertiary/aromatic N) is 2. The molecule has 1 N–H and O–H groups in total. The summed E-state index contributed by atoms with van der Waals surface area (Å²) in [6, 6.07) is 12.7. The summed E-state index contributed by atoms with van der Waals surface area (Å²) in [6.45, 7) is 3.54. The van der Waals surface area contributed by atoms with Gasteiger partial charge in [0.1, 0.15) is 16.3 Å². The fourth-order valence-corrected chi connectivity index (χ4v) is 3.84. The number of rotatable bonds is 4. The van der Waals surface area contributed by atoms with E-state index in [0.29, 0.717) is 43.6 Å². The van der Waals surface area contributed by atoms with Gasteiger partial charge in [0.25, 0.3) is 5.91 Å². The fraction of sp³-hybridized carbons (Fsp3) is 0.143. The molecule has 0 saturated carbocycles. The van der Waals surface area contributed by atoms with Crippen LogP contribution in [0.25, 0.3) is 22.4 Å². The number of aryl methyl sites for hydroxylation is 2. The molecule has 0 aliphatic carbocycles. The Labute approximate surface area is 170 Å². The largest absolute Gasteiger partial charge is 0.465 e. The van der Waals surface area contributed by atoms with Gasteiger partial charge in [0.15, 0.2) is 10.9 Å². The maximum atomic E-state index is 13.1. The van der Waals surface area contributed by atoms with E-state index >= 15 is 0 Å². The number of esters is 1. The van der Waals surface area contributed by atoms with Gasteiger partial charge >= 0.3 is 5.97 Å². The van der Waals surface area contributed by atoms with E-state index in [9.17, 15) is 9.59 Å². The van der Waals surface area contributed by atoms with Crippen LogP contribution in [0.5, 0.6) is 0 Å². The normalized spacial score (nSPS) is 10.9. The number of benzene rings is 1. The summed E-state index contributed by atoms with van der Waals surface area (Å²) in [7, 11) is 1.31. The molecule has 146 valence electrons. The van der Waals surface area contributed by atoms with Crippen molar-refractivity contribution in [1.29, 1.82) is 0 Å². The van der Waals surface area contributed by atoms with Crippen molar-refractivity contribution in [2.75, 3.05) is 12.4 Å². The van der Waals surface area contributed by atoms with E-state index in [4.69, 9.17) is 9.15 Å². The molecule has 0 unspecified atom stereocenters. The molecule has 4 aromatic rings. The quantitative estimate of drug-likeness (QED) is 0.497. The molecule has 0 saturated heterocycles. The maximum absolute atomic E-state index is 13.1. The number of thiazole rings is 1. The lowest BCUT2D eigenvalue weighted by atomic mass is 10.1. The van der Waals surface area contributed by atoms with Crippen LogP contribution >= 0.6 is 11.3 Å². The standard InChI is InChI=1S/C21H17N3O4S/c1-11-8-9-17(28-11)16-10-14(13-6-4-5-7-15(13)23-16)19(25)24-21-22-12(2)18(29-21)20(26)27-3/h4-10H,1-3H3,(H,22,24,25). The number of carbonyl (C=O) groups excluding carboxylic acids is 2. The van der Waals surface area contributed by atoms with Crippen molar-refractivity contribution in [2.45, 2.75) is 13.8 Å². The van der Waals surface area contributed by atoms with Gasteiger partial charge in [0, 0.05) is 5.39 Å². The smallest absolute Gasteiger partial charge is 0.350 e. The van der Waals surface area contributed by atoms with Gasteiger partial charge in [-0.1, -0.05) is 29.5 Å². The first-order valence-electron chi connectivity index (χ1n) is 8.80. The van der Waals surface area contributed by atoms with Crippen LogP contribution in [-0.4, -0.2) is 29.0 Å². The first kappa shape index (κ1) is 18.8. The van der Waals surface area contributed by atoms with Gasteiger partial charge in [-0.15, -0.1) is 0 Å². The predicted octanol–water partition coefficient (Wildman–Crippen LogP) is 4.61.